The zero-order chi connectivity index (χ0) is 21.2. The molecule has 2 aromatic carbocycles. The third-order valence-electron chi connectivity index (χ3n) is 6.49. The van der Waals surface area contributed by atoms with Crippen molar-refractivity contribution in [1.29, 1.82) is 0 Å². The van der Waals surface area contributed by atoms with Crippen molar-refractivity contribution in [2.24, 2.45) is 0 Å². The minimum atomic E-state index is -0.171. The van der Waals surface area contributed by atoms with Gasteiger partial charge in [-0.3, -0.25) is 4.90 Å². The van der Waals surface area contributed by atoms with Crippen molar-refractivity contribution >= 4 is 17.3 Å². The van der Waals surface area contributed by atoms with Crippen molar-refractivity contribution in [3.05, 3.63) is 70.8 Å². The van der Waals surface area contributed by atoms with E-state index in [1.165, 1.54) is 18.9 Å². The summed E-state index contributed by atoms with van der Waals surface area (Å²) in [6.45, 7) is 3.07. The van der Waals surface area contributed by atoms with Crippen molar-refractivity contribution in [2.45, 2.75) is 37.8 Å². The largest absolute Gasteiger partial charge is 0.367 e. The van der Waals surface area contributed by atoms with Gasteiger partial charge in [-0.25, -0.2) is 9.07 Å². The molecule has 5 rings (SSSR count). The first kappa shape index (κ1) is 20.4. The Balaban J connectivity index is 1.43. The lowest BCUT2D eigenvalue weighted by atomic mass is 10.0. The molecule has 0 spiro atoms. The molecule has 1 aliphatic heterocycles. The summed E-state index contributed by atoms with van der Waals surface area (Å²) >= 11 is 6.16. The van der Waals surface area contributed by atoms with E-state index in [9.17, 15) is 4.39 Å². The summed E-state index contributed by atoms with van der Waals surface area (Å²) in [6.07, 6.45) is 4.67. The van der Waals surface area contributed by atoms with E-state index in [2.05, 4.69) is 37.5 Å². The molecule has 1 saturated heterocycles. The van der Waals surface area contributed by atoms with Crippen molar-refractivity contribution < 1.29 is 4.39 Å². The molecule has 2 fully saturated rings. The van der Waals surface area contributed by atoms with Crippen molar-refractivity contribution in [3.63, 3.8) is 0 Å². The molecule has 1 aromatic heterocycles. The van der Waals surface area contributed by atoms with Gasteiger partial charge in [-0.2, -0.15) is 0 Å². The molecule has 2 heterocycles. The Morgan fingerprint density at radius 1 is 0.935 bits per heavy atom. The van der Waals surface area contributed by atoms with Crippen molar-refractivity contribution in [3.8, 4) is 0 Å². The van der Waals surface area contributed by atoms with Crippen LogP contribution in [0.25, 0.3) is 0 Å². The number of anilines is 1. The first-order valence-electron chi connectivity index (χ1n) is 11.0. The number of para-hydroxylation sites is 1. The third kappa shape index (κ3) is 4.16. The topological polar surface area (TPSA) is 50.1 Å². The van der Waals surface area contributed by atoms with Crippen LogP contribution in [-0.2, 0) is 0 Å². The molecule has 162 valence electrons. The maximum Gasteiger partial charge on any atom is 0.173 e. The average molecular weight is 441 g/mol. The predicted octanol–water partition coefficient (Wildman–Crippen LogP) is 4.49. The molecular formula is C23H26ClFN6. The van der Waals surface area contributed by atoms with Gasteiger partial charge in [0.1, 0.15) is 5.82 Å². The monoisotopic (exact) mass is 440 g/mol. The lowest BCUT2D eigenvalue weighted by molar-refractivity contribution is 0.197. The first-order valence-corrected chi connectivity index (χ1v) is 11.4. The van der Waals surface area contributed by atoms with Crippen LogP contribution in [0.5, 0.6) is 0 Å². The molecule has 1 atom stereocenters. The fourth-order valence-electron chi connectivity index (χ4n) is 4.89. The standard InChI is InChI=1S/C23H26ClFN6/c24-18-11-9-17(10-12-18)22(23-26-27-28-31(23)19-5-1-2-6-19)30-15-13-29(14-16-30)21-8-4-3-7-20(21)25/h3-4,7-12,19,22H,1-2,5-6,13-16H2. The van der Waals surface area contributed by atoms with E-state index in [1.54, 1.807) is 6.07 Å². The molecule has 0 N–H and O–H groups in total. The second kappa shape index (κ2) is 8.93. The van der Waals surface area contributed by atoms with E-state index in [1.807, 2.05) is 28.9 Å². The van der Waals surface area contributed by atoms with E-state index in [0.717, 1.165) is 50.4 Å². The Morgan fingerprint density at radius 3 is 2.35 bits per heavy atom. The van der Waals surface area contributed by atoms with Crippen LogP contribution in [-0.4, -0.2) is 51.3 Å². The number of halogens is 2. The minimum Gasteiger partial charge on any atom is -0.367 e. The Bertz CT molecular complexity index is 1010. The molecule has 0 radical (unpaired) electrons. The Kier molecular flexibility index (Phi) is 5.87. The smallest absolute Gasteiger partial charge is 0.173 e. The quantitative estimate of drug-likeness (QED) is 0.585. The fourth-order valence-corrected chi connectivity index (χ4v) is 5.01. The van der Waals surface area contributed by atoms with E-state index in [4.69, 9.17) is 11.6 Å². The van der Waals surface area contributed by atoms with Gasteiger partial charge in [-0.15, -0.1) is 5.10 Å². The van der Waals surface area contributed by atoms with Gasteiger partial charge < -0.3 is 4.90 Å². The average Bonchev–Trinajstić information content (AvgIpc) is 3.48. The van der Waals surface area contributed by atoms with Crippen LogP contribution in [0.2, 0.25) is 5.02 Å². The van der Waals surface area contributed by atoms with Crippen LogP contribution in [0.1, 0.15) is 49.2 Å². The summed E-state index contributed by atoms with van der Waals surface area (Å²) in [4.78, 5) is 4.52. The fraction of sp³-hybridized carbons (Fsp3) is 0.435. The van der Waals surface area contributed by atoms with E-state index >= 15 is 0 Å². The third-order valence-corrected chi connectivity index (χ3v) is 6.74. The number of hydrogen-bond donors (Lipinski definition) is 0. The van der Waals surface area contributed by atoms with Gasteiger partial charge in [0.15, 0.2) is 5.82 Å². The summed E-state index contributed by atoms with van der Waals surface area (Å²) in [7, 11) is 0. The van der Waals surface area contributed by atoms with Gasteiger partial charge in [0.05, 0.1) is 17.8 Å². The Hall–Kier alpha value is -2.51. The normalized spacial score (nSPS) is 19.1. The molecule has 1 saturated carbocycles. The molecule has 8 heteroatoms. The SMILES string of the molecule is Fc1ccccc1N1CCN(C(c2ccc(Cl)cc2)c2nnnn2C2CCCC2)CC1. The highest BCUT2D eigenvalue weighted by Gasteiger charge is 2.33. The molecular weight excluding hydrogens is 415 g/mol. The number of tetrazole rings is 1. The number of benzene rings is 2. The molecule has 0 bridgehead atoms. The molecule has 0 amide bonds. The van der Waals surface area contributed by atoms with Crippen molar-refractivity contribution in [1.82, 2.24) is 25.1 Å². The second-order valence-electron chi connectivity index (χ2n) is 8.35. The van der Waals surface area contributed by atoms with Crippen LogP contribution in [0.15, 0.2) is 48.5 Å². The molecule has 6 nitrogen and oxygen atoms in total. The summed E-state index contributed by atoms with van der Waals surface area (Å²) in [5.74, 6) is 0.712. The van der Waals surface area contributed by atoms with Gasteiger partial charge in [0.2, 0.25) is 0 Å². The van der Waals surface area contributed by atoms with Gasteiger partial charge in [-0.05, 0) is 53.1 Å². The lowest BCUT2D eigenvalue weighted by Crippen LogP contribution is -2.48. The molecule has 2 aliphatic rings. The summed E-state index contributed by atoms with van der Waals surface area (Å²) < 4.78 is 16.3. The van der Waals surface area contributed by atoms with Gasteiger partial charge in [0, 0.05) is 31.2 Å². The number of hydrogen-bond acceptors (Lipinski definition) is 5. The number of rotatable bonds is 5. The molecule has 3 aromatic rings. The molecule has 1 aliphatic carbocycles. The maximum absolute atomic E-state index is 14.3. The van der Waals surface area contributed by atoms with Gasteiger partial charge in [-0.1, -0.05) is 48.7 Å². The second-order valence-corrected chi connectivity index (χ2v) is 8.78. The molecule has 31 heavy (non-hydrogen) atoms. The summed E-state index contributed by atoms with van der Waals surface area (Å²) in [5, 5.41) is 13.6. The Labute approximate surface area is 186 Å². The van der Waals surface area contributed by atoms with E-state index in [0.29, 0.717) is 16.8 Å². The van der Waals surface area contributed by atoms with Gasteiger partial charge in [0.25, 0.3) is 0 Å². The van der Waals surface area contributed by atoms with Gasteiger partial charge >= 0.3 is 0 Å². The number of aromatic nitrogens is 4. The Morgan fingerprint density at radius 2 is 1.65 bits per heavy atom. The van der Waals surface area contributed by atoms with Crippen LogP contribution >= 0.6 is 11.6 Å². The predicted molar refractivity (Wildman–Crippen MR) is 119 cm³/mol. The summed E-state index contributed by atoms with van der Waals surface area (Å²) in [5.41, 5.74) is 1.79. The maximum atomic E-state index is 14.3. The number of nitrogens with zero attached hydrogens (tertiary/aromatic N) is 6. The highest BCUT2D eigenvalue weighted by molar-refractivity contribution is 6.30. The first-order chi connectivity index (χ1) is 15.2. The van der Waals surface area contributed by atoms with Crippen LogP contribution in [0, 0.1) is 5.82 Å². The van der Waals surface area contributed by atoms with E-state index in [-0.39, 0.29) is 11.9 Å². The lowest BCUT2D eigenvalue weighted by Gasteiger charge is -2.40. The van der Waals surface area contributed by atoms with Crippen LogP contribution in [0.3, 0.4) is 0 Å². The highest BCUT2D eigenvalue weighted by atomic mass is 35.5. The van der Waals surface area contributed by atoms with Crippen molar-refractivity contribution in [2.75, 3.05) is 31.1 Å². The van der Waals surface area contributed by atoms with Crippen LogP contribution < -0.4 is 4.90 Å². The zero-order valence-electron chi connectivity index (χ0n) is 17.4. The minimum absolute atomic E-state index is 0.0596. The zero-order valence-corrected chi connectivity index (χ0v) is 18.1. The highest BCUT2D eigenvalue weighted by Crippen LogP contribution is 2.35. The summed E-state index contributed by atoms with van der Waals surface area (Å²) in [6, 6.07) is 15.2. The molecule has 1 unspecified atom stereocenters. The van der Waals surface area contributed by atoms with Crippen LogP contribution in [0.4, 0.5) is 10.1 Å². The number of piperazine rings is 1. The van der Waals surface area contributed by atoms with E-state index < -0.39 is 0 Å².